The number of hydrogen-bond acceptors (Lipinski definition) is 7. The predicted octanol–water partition coefficient (Wildman–Crippen LogP) is 0.0739. The van der Waals surface area contributed by atoms with Crippen LogP contribution in [0.3, 0.4) is 0 Å². The summed E-state index contributed by atoms with van der Waals surface area (Å²) < 4.78 is 20.4. The van der Waals surface area contributed by atoms with Gasteiger partial charge in [-0.2, -0.15) is 0 Å². The monoisotopic (exact) mass is 425 g/mol. The Morgan fingerprint density at radius 1 is 1.39 bits per heavy atom. The van der Waals surface area contributed by atoms with E-state index in [2.05, 4.69) is 25.9 Å². The molecule has 0 bridgehead atoms. The number of cyclic esters (lactones) is 1. The molecule has 11 nitrogen and oxygen atoms in total. The molecule has 31 heavy (non-hydrogen) atoms. The lowest BCUT2D eigenvalue weighted by molar-refractivity contribution is -0.803. The van der Waals surface area contributed by atoms with E-state index in [0.29, 0.717) is 29.1 Å². The molecule has 1 aromatic carbocycles. The van der Waals surface area contributed by atoms with Gasteiger partial charge >= 0.3 is 6.09 Å². The Hall–Kier alpha value is -3.96. The van der Waals surface area contributed by atoms with Crippen LogP contribution in [0.5, 0.6) is 0 Å². The first-order chi connectivity index (χ1) is 14.9. The van der Waals surface area contributed by atoms with Crippen LogP contribution in [0.4, 0.5) is 14.9 Å². The van der Waals surface area contributed by atoms with Crippen LogP contribution in [0.15, 0.2) is 30.5 Å². The molecule has 5 rings (SSSR count). The molecule has 2 aliphatic heterocycles. The zero-order valence-corrected chi connectivity index (χ0v) is 16.7. The normalized spacial score (nSPS) is 19.2. The van der Waals surface area contributed by atoms with Crippen LogP contribution < -0.4 is 15.0 Å². The van der Waals surface area contributed by atoms with Crippen LogP contribution in [0.1, 0.15) is 12.5 Å². The number of carbonyl (C=O) groups excluding carboxylic acids is 2. The van der Waals surface area contributed by atoms with Crippen molar-refractivity contribution in [1.82, 2.24) is 30.7 Å². The predicted molar refractivity (Wildman–Crippen MR) is 102 cm³/mol. The molecule has 1 N–H and O–H groups in total. The molecule has 2 aliphatic rings. The summed E-state index contributed by atoms with van der Waals surface area (Å²) in [6, 6.07) is 6.22. The number of aromatic nitrogens is 6. The number of fused-ring (bicyclic) bond motifs is 3. The summed E-state index contributed by atoms with van der Waals surface area (Å²) >= 11 is 0. The fourth-order valence-corrected chi connectivity index (χ4v) is 4.00. The van der Waals surface area contributed by atoms with Crippen LogP contribution in [0.25, 0.3) is 16.9 Å². The van der Waals surface area contributed by atoms with E-state index in [0.717, 1.165) is 5.56 Å². The van der Waals surface area contributed by atoms with Crippen molar-refractivity contribution in [2.24, 2.45) is 7.05 Å². The van der Waals surface area contributed by atoms with Gasteiger partial charge in [0.05, 0.1) is 18.3 Å². The average molecular weight is 425 g/mol. The molecule has 0 unspecified atom stereocenters. The minimum Gasteiger partial charge on any atom is -0.442 e. The number of nitrogens with zero attached hydrogens (tertiary/aromatic N) is 7. The van der Waals surface area contributed by atoms with E-state index < -0.39 is 18.0 Å². The van der Waals surface area contributed by atoms with E-state index in [1.165, 1.54) is 27.5 Å². The van der Waals surface area contributed by atoms with Crippen LogP contribution >= 0.6 is 0 Å². The molecule has 4 heterocycles. The van der Waals surface area contributed by atoms with E-state index in [-0.39, 0.29) is 18.5 Å². The van der Waals surface area contributed by atoms with E-state index in [4.69, 9.17) is 4.74 Å². The number of hydrogen-bond donors (Lipinski definition) is 1. The molecule has 0 radical (unpaired) electrons. The van der Waals surface area contributed by atoms with Crippen LogP contribution in [0, 0.1) is 5.82 Å². The fourth-order valence-electron chi connectivity index (χ4n) is 4.00. The zero-order chi connectivity index (χ0) is 21.7. The third kappa shape index (κ3) is 3.16. The molecular weight excluding hydrogens is 407 g/mol. The number of carbonyl (C=O) groups is 2. The first kappa shape index (κ1) is 19.0. The summed E-state index contributed by atoms with van der Waals surface area (Å²) in [7, 11) is 1.67. The van der Waals surface area contributed by atoms with Crippen molar-refractivity contribution in [3.63, 3.8) is 0 Å². The number of benzene rings is 1. The van der Waals surface area contributed by atoms with Gasteiger partial charge in [-0.3, -0.25) is 9.69 Å². The van der Waals surface area contributed by atoms with Gasteiger partial charge in [-0.15, -0.1) is 0 Å². The molecule has 0 spiro atoms. The maximum absolute atomic E-state index is 15.0. The molecule has 12 heteroatoms. The standard InChI is InChI=1S/C19H17FN8O3/c1-10(29)21-9-17-16-6-12-5-13(14(20)7-15(12)27(16)19(30)31-17)11-3-4-18(22-8-11)28-25-23-24-26(28)2/h3-5,7-8,16-17H,6,9H2,1-2H3/p+1/t16-,17-/m0/s1. The van der Waals surface area contributed by atoms with Crippen LogP contribution in [0.2, 0.25) is 0 Å². The number of halogens is 1. The maximum atomic E-state index is 15.0. The molecule has 0 saturated carbocycles. The van der Waals surface area contributed by atoms with Crippen molar-refractivity contribution in [2.75, 3.05) is 11.4 Å². The Bertz CT molecular complexity index is 1200. The number of ether oxygens (including phenoxy) is 1. The number of anilines is 1. The molecule has 1 fully saturated rings. The second-order valence-corrected chi connectivity index (χ2v) is 7.41. The average Bonchev–Trinajstić information content (AvgIpc) is 3.41. The lowest BCUT2D eigenvalue weighted by Crippen LogP contribution is -2.41. The van der Waals surface area contributed by atoms with Crippen molar-refractivity contribution in [3.8, 4) is 16.9 Å². The molecular formula is C19H18FN8O3+. The first-order valence-electron chi connectivity index (χ1n) is 9.61. The molecule has 2 atom stereocenters. The summed E-state index contributed by atoms with van der Waals surface area (Å²) in [5.41, 5.74) is 2.30. The topological polar surface area (TPSA) is 119 Å². The number of nitrogens with one attached hydrogen (secondary N) is 1. The molecule has 158 valence electrons. The number of amides is 2. The van der Waals surface area contributed by atoms with Gasteiger partial charge < -0.3 is 10.1 Å². The summed E-state index contributed by atoms with van der Waals surface area (Å²) in [6.45, 7) is 1.61. The van der Waals surface area contributed by atoms with Crippen molar-refractivity contribution in [1.29, 1.82) is 0 Å². The van der Waals surface area contributed by atoms with Gasteiger partial charge in [0.15, 0.2) is 0 Å². The SMILES string of the molecule is CC(=O)NC[C@@H]1OC(=O)N2c3cc(F)c(-c4ccc(-n5nnn[n+]5C)nc4)cc3C[C@@H]12. The van der Waals surface area contributed by atoms with Gasteiger partial charge in [-0.1, -0.05) is 4.80 Å². The van der Waals surface area contributed by atoms with E-state index >= 15 is 0 Å². The number of aryl methyl sites for hydroxylation is 1. The number of pyridine rings is 1. The van der Waals surface area contributed by atoms with Gasteiger partial charge in [0.2, 0.25) is 22.2 Å². The third-order valence-electron chi connectivity index (χ3n) is 5.45. The van der Waals surface area contributed by atoms with Crippen molar-refractivity contribution in [3.05, 3.63) is 41.8 Å². The second kappa shape index (κ2) is 7.07. The molecule has 1 saturated heterocycles. The summed E-state index contributed by atoms with van der Waals surface area (Å²) in [5, 5.41) is 13.8. The summed E-state index contributed by atoms with van der Waals surface area (Å²) in [6.07, 6.45) is 1.02. The van der Waals surface area contributed by atoms with E-state index in [1.54, 1.807) is 31.4 Å². The van der Waals surface area contributed by atoms with Crippen LogP contribution in [-0.4, -0.2) is 56.1 Å². The lowest BCUT2D eigenvalue weighted by Gasteiger charge is -2.16. The van der Waals surface area contributed by atoms with Gasteiger partial charge in [0.25, 0.3) is 0 Å². The fraction of sp³-hybridized carbons (Fsp3) is 0.316. The largest absolute Gasteiger partial charge is 0.442 e. The highest BCUT2D eigenvalue weighted by atomic mass is 19.1. The van der Waals surface area contributed by atoms with E-state index in [1.807, 2.05) is 0 Å². The van der Waals surface area contributed by atoms with Crippen molar-refractivity contribution < 1.29 is 23.5 Å². The van der Waals surface area contributed by atoms with Crippen LogP contribution in [-0.2, 0) is 23.0 Å². The highest BCUT2D eigenvalue weighted by Gasteiger charge is 2.47. The smallest absolute Gasteiger partial charge is 0.415 e. The summed E-state index contributed by atoms with van der Waals surface area (Å²) in [5.74, 6) is -0.188. The highest BCUT2D eigenvalue weighted by molar-refractivity contribution is 5.94. The molecule has 3 aromatic rings. The molecule has 2 aromatic heterocycles. The quantitative estimate of drug-likeness (QED) is 0.588. The highest BCUT2D eigenvalue weighted by Crippen LogP contribution is 2.41. The summed E-state index contributed by atoms with van der Waals surface area (Å²) in [4.78, 5) is 32.2. The van der Waals surface area contributed by atoms with Crippen molar-refractivity contribution in [2.45, 2.75) is 25.5 Å². The second-order valence-electron chi connectivity index (χ2n) is 7.41. The molecule has 2 amide bonds. The van der Waals surface area contributed by atoms with Gasteiger partial charge in [0, 0.05) is 29.0 Å². The van der Waals surface area contributed by atoms with Gasteiger partial charge in [0.1, 0.15) is 24.2 Å². The number of rotatable bonds is 4. The van der Waals surface area contributed by atoms with Gasteiger partial charge in [-0.25, -0.2) is 14.2 Å². The van der Waals surface area contributed by atoms with E-state index in [9.17, 15) is 14.0 Å². The maximum Gasteiger partial charge on any atom is 0.415 e. The van der Waals surface area contributed by atoms with Gasteiger partial charge in [-0.05, 0) is 36.2 Å². The Balaban J connectivity index is 1.44. The Labute approximate surface area is 175 Å². The lowest BCUT2D eigenvalue weighted by atomic mass is 10.00. The minimum atomic E-state index is -0.536. The zero-order valence-electron chi connectivity index (χ0n) is 16.7. The Morgan fingerprint density at radius 2 is 2.23 bits per heavy atom. The minimum absolute atomic E-state index is 0.204. The third-order valence-corrected chi connectivity index (χ3v) is 5.45. The Morgan fingerprint density at radius 3 is 2.90 bits per heavy atom. The molecule has 0 aliphatic carbocycles. The first-order valence-corrected chi connectivity index (χ1v) is 9.61. The Kier molecular flexibility index (Phi) is 4.34. The van der Waals surface area contributed by atoms with Crippen molar-refractivity contribution >= 4 is 17.7 Å².